The third-order valence-electron chi connectivity index (χ3n) is 3.66. The molecule has 6 nitrogen and oxygen atoms in total. The second-order valence-electron chi connectivity index (χ2n) is 5.20. The Morgan fingerprint density at radius 2 is 2.12 bits per heavy atom. The van der Waals surface area contributed by atoms with Crippen molar-refractivity contribution in [2.24, 2.45) is 0 Å². The first-order valence-corrected chi connectivity index (χ1v) is 8.40. The first-order chi connectivity index (χ1) is 12.0. The molecule has 3 rings (SSSR count). The largest absolute Gasteiger partial charge is 0.494 e. The van der Waals surface area contributed by atoms with Gasteiger partial charge < -0.3 is 9.47 Å². The molecular formula is C17H15FIN3O3. The molecule has 130 valence electrons. The van der Waals surface area contributed by atoms with Gasteiger partial charge in [0.2, 0.25) is 0 Å². The summed E-state index contributed by atoms with van der Waals surface area (Å²) < 4.78 is 26.5. The highest BCUT2D eigenvalue weighted by Crippen LogP contribution is 2.26. The number of methoxy groups -OCH3 is 2. The summed E-state index contributed by atoms with van der Waals surface area (Å²) in [4.78, 5) is 18.6. The van der Waals surface area contributed by atoms with E-state index in [1.165, 1.54) is 37.3 Å². The third kappa shape index (κ3) is 3.45. The molecule has 0 bridgehead atoms. The minimum absolute atomic E-state index is 0.0205. The number of hydrogen-bond acceptors (Lipinski definition) is 4. The van der Waals surface area contributed by atoms with E-state index in [1.807, 2.05) is 4.40 Å². The van der Waals surface area contributed by atoms with Gasteiger partial charge in [-0.1, -0.05) is 0 Å². The molecule has 0 saturated heterocycles. The molecule has 0 atom stereocenters. The summed E-state index contributed by atoms with van der Waals surface area (Å²) in [5.74, 6) is -0.710. The van der Waals surface area contributed by atoms with Crippen molar-refractivity contribution in [1.82, 2.24) is 9.38 Å². The van der Waals surface area contributed by atoms with Crippen LogP contribution in [0, 0.1) is 9.52 Å². The normalized spacial score (nSPS) is 10.9. The number of amides is 1. The molecule has 1 amide bonds. The fraction of sp³-hybridized carbons (Fsp3) is 0.176. The van der Waals surface area contributed by atoms with E-state index >= 15 is 0 Å². The van der Waals surface area contributed by atoms with Crippen LogP contribution < -0.4 is 9.64 Å². The Labute approximate surface area is 157 Å². The van der Waals surface area contributed by atoms with Gasteiger partial charge in [0.25, 0.3) is 5.91 Å². The second-order valence-corrected chi connectivity index (χ2v) is 6.30. The quantitative estimate of drug-likeness (QED) is 0.438. The highest BCUT2D eigenvalue weighted by molar-refractivity contribution is 14.1. The lowest BCUT2D eigenvalue weighted by atomic mass is 10.2. The maximum atomic E-state index is 13.7. The van der Waals surface area contributed by atoms with Crippen LogP contribution in [-0.4, -0.2) is 36.2 Å². The van der Waals surface area contributed by atoms with Crippen LogP contribution in [0.3, 0.4) is 0 Å². The Kier molecular flexibility index (Phi) is 5.19. The van der Waals surface area contributed by atoms with Gasteiger partial charge in [0, 0.05) is 19.4 Å². The van der Waals surface area contributed by atoms with Crippen LogP contribution >= 0.6 is 22.6 Å². The second kappa shape index (κ2) is 7.36. The zero-order valence-corrected chi connectivity index (χ0v) is 15.7. The molecule has 1 aromatic carbocycles. The number of pyridine rings is 1. The number of halogens is 2. The van der Waals surface area contributed by atoms with E-state index in [1.54, 1.807) is 24.5 Å². The van der Waals surface area contributed by atoms with Gasteiger partial charge in [-0.25, -0.2) is 9.37 Å². The number of carbonyl (C=O) groups excluding carboxylic acids is 1. The van der Waals surface area contributed by atoms with Crippen LogP contribution in [-0.2, 0) is 4.74 Å². The SMILES string of the molecule is COCN(C(=O)c1ccc2ncc(I)n2c1)c1ccc(F)c(OC)c1. The molecule has 8 heteroatoms. The number of carbonyl (C=O) groups is 1. The molecule has 0 saturated carbocycles. The van der Waals surface area contributed by atoms with E-state index in [0.29, 0.717) is 11.3 Å². The van der Waals surface area contributed by atoms with Gasteiger partial charge in [0.15, 0.2) is 11.6 Å². The number of rotatable bonds is 5. The van der Waals surface area contributed by atoms with Crippen LogP contribution in [0.15, 0.2) is 42.7 Å². The van der Waals surface area contributed by atoms with Crippen molar-refractivity contribution in [3.63, 3.8) is 0 Å². The number of ether oxygens (including phenoxy) is 2. The van der Waals surface area contributed by atoms with Gasteiger partial charge in [-0.05, 0) is 46.9 Å². The molecule has 0 aliphatic carbocycles. The highest BCUT2D eigenvalue weighted by Gasteiger charge is 2.20. The third-order valence-corrected chi connectivity index (χ3v) is 4.46. The number of hydrogen-bond donors (Lipinski definition) is 0. The van der Waals surface area contributed by atoms with E-state index in [9.17, 15) is 9.18 Å². The number of benzene rings is 1. The van der Waals surface area contributed by atoms with Crippen LogP contribution in [0.4, 0.5) is 10.1 Å². The lowest BCUT2D eigenvalue weighted by molar-refractivity contribution is 0.0936. The fourth-order valence-electron chi connectivity index (χ4n) is 2.43. The van der Waals surface area contributed by atoms with Crippen molar-refractivity contribution in [2.75, 3.05) is 25.9 Å². The minimum Gasteiger partial charge on any atom is -0.494 e. The first-order valence-electron chi connectivity index (χ1n) is 7.32. The predicted octanol–water partition coefficient (Wildman–Crippen LogP) is 3.34. The molecule has 25 heavy (non-hydrogen) atoms. The molecule has 0 spiro atoms. The van der Waals surface area contributed by atoms with Crippen molar-refractivity contribution in [3.8, 4) is 5.75 Å². The monoisotopic (exact) mass is 455 g/mol. The summed E-state index contributed by atoms with van der Waals surface area (Å²) in [5.41, 5.74) is 1.69. The lowest BCUT2D eigenvalue weighted by Crippen LogP contribution is -2.33. The fourth-order valence-corrected chi connectivity index (χ4v) is 2.95. The van der Waals surface area contributed by atoms with E-state index in [2.05, 4.69) is 27.6 Å². The van der Waals surface area contributed by atoms with E-state index in [0.717, 1.165) is 9.35 Å². The van der Waals surface area contributed by atoms with Gasteiger partial charge in [0.05, 0.1) is 24.6 Å². The molecule has 3 aromatic rings. The summed E-state index contributed by atoms with van der Waals surface area (Å²) in [6.45, 7) is 0.0205. The summed E-state index contributed by atoms with van der Waals surface area (Å²) in [7, 11) is 2.86. The Bertz CT molecular complexity index is 929. The molecular weight excluding hydrogens is 440 g/mol. The molecule has 0 aliphatic rings. The Balaban J connectivity index is 2.01. The summed E-state index contributed by atoms with van der Waals surface area (Å²) in [6, 6.07) is 7.70. The number of fused-ring (bicyclic) bond motifs is 1. The van der Waals surface area contributed by atoms with Crippen LogP contribution in [0.25, 0.3) is 5.65 Å². The zero-order valence-electron chi connectivity index (χ0n) is 13.6. The van der Waals surface area contributed by atoms with Crippen molar-refractivity contribution >= 4 is 39.8 Å². The Morgan fingerprint density at radius 3 is 2.84 bits per heavy atom. The zero-order chi connectivity index (χ0) is 18.0. The van der Waals surface area contributed by atoms with E-state index in [-0.39, 0.29) is 18.4 Å². The van der Waals surface area contributed by atoms with E-state index in [4.69, 9.17) is 9.47 Å². The molecule has 0 fully saturated rings. The van der Waals surface area contributed by atoms with Crippen LogP contribution in [0.2, 0.25) is 0 Å². The number of aromatic nitrogens is 2. The van der Waals surface area contributed by atoms with Crippen molar-refractivity contribution in [2.45, 2.75) is 0 Å². The molecule has 0 aliphatic heterocycles. The van der Waals surface area contributed by atoms with Gasteiger partial charge in [-0.3, -0.25) is 14.1 Å². The van der Waals surface area contributed by atoms with Gasteiger partial charge in [-0.15, -0.1) is 0 Å². The standard InChI is InChI=1S/C17H15FIN3O3/c1-24-10-22(12-4-5-13(18)14(7-12)25-2)17(23)11-3-6-16-20-8-15(19)21(16)9-11/h3-9H,10H2,1-2H3. The molecule has 2 aromatic heterocycles. The average molecular weight is 455 g/mol. The highest BCUT2D eigenvalue weighted by atomic mass is 127. The molecule has 2 heterocycles. The average Bonchev–Trinajstić information content (AvgIpc) is 3.00. The smallest absolute Gasteiger partial charge is 0.261 e. The Morgan fingerprint density at radius 1 is 1.32 bits per heavy atom. The minimum atomic E-state index is -0.495. The number of anilines is 1. The lowest BCUT2D eigenvalue weighted by Gasteiger charge is -2.22. The molecule has 0 unspecified atom stereocenters. The Hall–Kier alpha value is -2.20. The molecule has 0 N–H and O–H groups in total. The summed E-state index contributed by atoms with van der Waals surface area (Å²) in [5, 5.41) is 0. The maximum Gasteiger partial charge on any atom is 0.261 e. The number of nitrogens with zero attached hydrogens (tertiary/aromatic N) is 3. The number of imidazole rings is 1. The predicted molar refractivity (Wildman–Crippen MR) is 99.5 cm³/mol. The van der Waals surface area contributed by atoms with Gasteiger partial charge in [0.1, 0.15) is 16.1 Å². The maximum absolute atomic E-state index is 13.7. The molecule has 0 radical (unpaired) electrons. The summed E-state index contributed by atoms with van der Waals surface area (Å²) in [6.07, 6.45) is 3.44. The van der Waals surface area contributed by atoms with Crippen LogP contribution in [0.1, 0.15) is 10.4 Å². The first kappa shape index (κ1) is 17.6. The van der Waals surface area contributed by atoms with Crippen LogP contribution in [0.5, 0.6) is 5.75 Å². The van der Waals surface area contributed by atoms with Crippen molar-refractivity contribution < 1.29 is 18.7 Å². The van der Waals surface area contributed by atoms with Crippen molar-refractivity contribution in [3.05, 3.63) is 57.8 Å². The topological polar surface area (TPSA) is 56.1 Å². The summed E-state index contributed by atoms with van der Waals surface area (Å²) >= 11 is 2.14. The van der Waals surface area contributed by atoms with Gasteiger partial charge in [-0.2, -0.15) is 0 Å². The van der Waals surface area contributed by atoms with E-state index < -0.39 is 5.82 Å². The van der Waals surface area contributed by atoms with Crippen molar-refractivity contribution in [1.29, 1.82) is 0 Å². The van der Waals surface area contributed by atoms with Gasteiger partial charge >= 0.3 is 0 Å².